The van der Waals surface area contributed by atoms with Crippen molar-refractivity contribution in [3.63, 3.8) is 0 Å². The van der Waals surface area contributed by atoms with E-state index in [9.17, 15) is 0 Å². The molecule has 0 fully saturated rings. The first kappa shape index (κ1) is 36.5. The molecule has 0 unspecified atom stereocenters. The van der Waals surface area contributed by atoms with Gasteiger partial charge in [-0.25, -0.2) is 0 Å². The number of hydrogen-bond acceptors (Lipinski definition) is 0. The molecule has 0 aliphatic rings. The fourth-order valence-corrected chi connectivity index (χ4v) is 0. The topological polar surface area (TPSA) is 0 Å². The van der Waals surface area contributed by atoms with Crippen molar-refractivity contribution in [1.29, 1.82) is 0 Å². The van der Waals surface area contributed by atoms with Crippen molar-refractivity contribution in [2.45, 2.75) is 0 Å². The van der Waals surface area contributed by atoms with Crippen LogP contribution >= 0.6 is 37.2 Å². The van der Waals surface area contributed by atoms with Crippen LogP contribution in [0.5, 0.6) is 0 Å². The summed E-state index contributed by atoms with van der Waals surface area (Å²) in [6, 6.07) is 0. The van der Waals surface area contributed by atoms with E-state index in [0.717, 1.165) is 0 Å². The molecule has 27 valence electrons. The molecule has 1 radical (unpaired) electrons. The third-order valence-electron chi connectivity index (χ3n) is 0. The molecule has 0 atom stereocenters. The maximum absolute atomic E-state index is 0. The van der Waals surface area contributed by atoms with Gasteiger partial charge in [-0.3, -0.25) is 0 Å². The standard InChI is InChI=1S/3ClH.La/h3*1H;. The Kier molecular flexibility index (Phi) is 179. The van der Waals surface area contributed by atoms with Crippen molar-refractivity contribution in [2.24, 2.45) is 0 Å². The molecule has 0 aliphatic heterocycles. The maximum Gasteiger partial charge on any atom is 0 e. The Balaban J connectivity index is 0. The Labute approximate surface area is 71.9 Å². The van der Waals surface area contributed by atoms with E-state index >= 15 is 0 Å². The van der Waals surface area contributed by atoms with E-state index in [-0.39, 0.29) is 72.8 Å². The predicted molar refractivity (Wildman–Crippen MR) is 21.7 cm³/mol. The van der Waals surface area contributed by atoms with Gasteiger partial charge >= 0.3 is 0 Å². The molecule has 0 saturated carbocycles. The Hall–Kier alpha value is 2.06. The maximum atomic E-state index is 0. The van der Waals surface area contributed by atoms with Crippen molar-refractivity contribution in [1.82, 2.24) is 0 Å². The normalized spacial score (nSPS) is 0. The molecule has 0 aliphatic carbocycles. The van der Waals surface area contributed by atoms with E-state index in [0.29, 0.717) is 0 Å². The zero-order chi connectivity index (χ0) is 0. The molecule has 0 amide bonds. The van der Waals surface area contributed by atoms with E-state index in [1.807, 2.05) is 0 Å². The van der Waals surface area contributed by atoms with Gasteiger partial charge in [-0.15, -0.1) is 37.2 Å². The smallest absolute Gasteiger partial charge is 0 e. The van der Waals surface area contributed by atoms with Gasteiger partial charge in [-0.2, -0.15) is 0 Å². The summed E-state index contributed by atoms with van der Waals surface area (Å²) in [6.45, 7) is 0. The van der Waals surface area contributed by atoms with Crippen molar-refractivity contribution < 1.29 is 35.6 Å². The van der Waals surface area contributed by atoms with Crippen molar-refractivity contribution >= 4 is 37.2 Å². The molecule has 0 bridgehead atoms. The van der Waals surface area contributed by atoms with E-state index < -0.39 is 0 Å². The largest absolute Gasteiger partial charge is 0.147 e. The van der Waals surface area contributed by atoms with Crippen LogP contribution in [0.25, 0.3) is 0 Å². The fraction of sp³-hybridized carbons (Fsp3) is 0. The van der Waals surface area contributed by atoms with Crippen LogP contribution in [-0.4, -0.2) is 0 Å². The van der Waals surface area contributed by atoms with Crippen molar-refractivity contribution in [3.8, 4) is 0 Å². The second-order valence-corrected chi connectivity index (χ2v) is 0. The second-order valence-electron chi connectivity index (χ2n) is 0. The number of halogens is 3. The molecule has 0 spiro atoms. The Bertz CT molecular complexity index is 3.25. The minimum absolute atomic E-state index is 0. The van der Waals surface area contributed by atoms with Crippen LogP contribution in [0.15, 0.2) is 0 Å². The van der Waals surface area contributed by atoms with E-state index in [2.05, 4.69) is 0 Å². The quantitative estimate of drug-likeness (QED) is 0.605. The summed E-state index contributed by atoms with van der Waals surface area (Å²) in [5, 5.41) is 0. The Morgan fingerprint density at radius 3 is 0.500 bits per heavy atom. The molecule has 0 saturated heterocycles. The second kappa shape index (κ2) is 19.6. The van der Waals surface area contributed by atoms with E-state index in [1.54, 1.807) is 0 Å². The summed E-state index contributed by atoms with van der Waals surface area (Å²) in [5.74, 6) is 0. The van der Waals surface area contributed by atoms with Gasteiger partial charge in [0.25, 0.3) is 0 Å². The van der Waals surface area contributed by atoms with Gasteiger partial charge < -0.3 is 0 Å². The SMILES string of the molecule is Cl.Cl.Cl.[La]. The average Bonchev–Trinajstić information content (AvgIpc) is 0. The van der Waals surface area contributed by atoms with Crippen molar-refractivity contribution in [3.05, 3.63) is 0 Å². The summed E-state index contributed by atoms with van der Waals surface area (Å²) in [7, 11) is 0. The van der Waals surface area contributed by atoms with Crippen LogP contribution in [0.4, 0.5) is 0 Å². The molecule has 0 aromatic heterocycles. The summed E-state index contributed by atoms with van der Waals surface area (Å²) in [5.41, 5.74) is 0. The molecule has 4 heavy (non-hydrogen) atoms. The number of rotatable bonds is 0. The van der Waals surface area contributed by atoms with Crippen molar-refractivity contribution in [2.75, 3.05) is 0 Å². The van der Waals surface area contributed by atoms with Crippen LogP contribution < -0.4 is 0 Å². The third kappa shape index (κ3) is 8.96. The summed E-state index contributed by atoms with van der Waals surface area (Å²) in [6.07, 6.45) is 0. The predicted octanol–water partition coefficient (Wildman–Crippen LogP) is 1.27. The van der Waals surface area contributed by atoms with E-state index in [1.165, 1.54) is 0 Å². The minimum atomic E-state index is 0. The monoisotopic (exact) mass is 247 g/mol. The summed E-state index contributed by atoms with van der Waals surface area (Å²) < 4.78 is 0. The first-order valence-electron chi connectivity index (χ1n) is 0. The van der Waals surface area contributed by atoms with Crippen LogP contribution in [0.3, 0.4) is 0 Å². The van der Waals surface area contributed by atoms with Crippen LogP contribution in [0.1, 0.15) is 0 Å². The van der Waals surface area contributed by atoms with Gasteiger partial charge in [0.1, 0.15) is 0 Å². The van der Waals surface area contributed by atoms with Crippen LogP contribution in [0.2, 0.25) is 0 Å². The van der Waals surface area contributed by atoms with Gasteiger partial charge in [0, 0.05) is 35.6 Å². The van der Waals surface area contributed by atoms with Crippen LogP contribution in [-0.2, 0) is 0 Å². The van der Waals surface area contributed by atoms with Gasteiger partial charge in [0.05, 0.1) is 0 Å². The van der Waals surface area contributed by atoms with Gasteiger partial charge in [0.2, 0.25) is 0 Å². The first-order valence-corrected chi connectivity index (χ1v) is 0. The summed E-state index contributed by atoms with van der Waals surface area (Å²) >= 11 is 0. The average molecular weight is 248 g/mol. The molecule has 0 N–H and O–H groups in total. The van der Waals surface area contributed by atoms with Crippen LogP contribution in [0, 0.1) is 35.6 Å². The molecule has 0 rings (SSSR count). The minimum Gasteiger partial charge on any atom is -0.147 e. The summed E-state index contributed by atoms with van der Waals surface area (Å²) in [4.78, 5) is 0. The third-order valence-corrected chi connectivity index (χ3v) is 0. The molecule has 0 aromatic carbocycles. The first-order chi connectivity index (χ1) is 0. The Morgan fingerprint density at radius 1 is 0.500 bits per heavy atom. The zero-order valence-corrected chi connectivity index (χ0v) is 7.88. The zero-order valence-electron chi connectivity index (χ0n) is 1.80. The number of hydrogen-bond donors (Lipinski definition) is 0. The Morgan fingerprint density at radius 2 is 0.500 bits per heavy atom. The van der Waals surface area contributed by atoms with Gasteiger partial charge in [-0.1, -0.05) is 0 Å². The fourth-order valence-electron chi connectivity index (χ4n) is 0. The molecular weight excluding hydrogens is 245 g/mol. The molecule has 0 nitrogen and oxygen atoms in total. The van der Waals surface area contributed by atoms with Gasteiger partial charge in [0.15, 0.2) is 0 Å². The van der Waals surface area contributed by atoms with E-state index in [4.69, 9.17) is 0 Å². The molecule has 4 heteroatoms. The molecule has 0 aromatic rings. The molecular formula is H3Cl3La. The van der Waals surface area contributed by atoms with Gasteiger partial charge in [-0.05, 0) is 0 Å². The molecule has 0 heterocycles.